The highest BCUT2D eigenvalue weighted by Gasteiger charge is 2.27. The number of esters is 1. The summed E-state index contributed by atoms with van der Waals surface area (Å²) in [5.41, 5.74) is -0.491. The topological polar surface area (TPSA) is 64.6 Å². The van der Waals surface area contributed by atoms with E-state index in [9.17, 15) is 9.59 Å². The first-order valence-corrected chi connectivity index (χ1v) is 8.58. The van der Waals surface area contributed by atoms with E-state index in [1.54, 1.807) is 0 Å². The average molecular weight is 317 g/mol. The van der Waals surface area contributed by atoms with Crippen molar-refractivity contribution in [3.63, 3.8) is 0 Å². The van der Waals surface area contributed by atoms with Gasteiger partial charge in [0.05, 0.1) is 7.11 Å². The lowest BCUT2D eigenvalue weighted by atomic mass is 9.85. The van der Waals surface area contributed by atoms with Gasteiger partial charge in [0.25, 0.3) is 0 Å². The zero-order chi connectivity index (χ0) is 15.9. The summed E-state index contributed by atoms with van der Waals surface area (Å²) in [6.07, 6.45) is 2.02. The molecule has 1 fully saturated rings. The maximum atomic E-state index is 11.7. The molecule has 0 aromatic rings. The van der Waals surface area contributed by atoms with Crippen LogP contribution in [-0.4, -0.2) is 42.8 Å². The molecule has 0 spiro atoms. The minimum absolute atomic E-state index is 0.172. The molecule has 1 rings (SSSR count). The van der Waals surface area contributed by atoms with E-state index >= 15 is 0 Å². The number of hydrogen-bond donors (Lipinski definition) is 1. The maximum Gasteiger partial charge on any atom is 0.407 e. The molecule has 21 heavy (non-hydrogen) atoms. The second-order valence-electron chi connectivity index (χ2n) is 6.37. The minimum atomic E-state index is -0.491. The molecule has 0 saturated carbocycles. The molecule has 2 atom stereocenters. The molecule has 5 nitrogen and oxygen atoms in total. The van der Waals surface area contributed by atoms with Crippen LogP contribution in [0.25, 0.3) is 0 Å². The Morgan fingerprint density at radius 1 is 1.19 bits per heavy atom. The molecule has 1 N–H and O–H groups in total. The summed E-state index contributed by atoms with van der Waals surface area (Å²) in [7, 11) is 1.42. The van der Waals surface area contributed by atoms with E-state index in [1.807, 2.05) is 32.5 Å². The van der Waals surface area contributed by atoms with Crippen LogP contribution in [0.5, 0.6) is 0 Å². The van der Waals surface area contributed by atoms with Crippen LogP contribution >= 0.6 is 11.8 Å². The zero-order valence-electron chi connectivity index (χ0n) is 13.4. The first kappa shape index (κ1) is 18.1. The number of ether oxygens (including phenoxy) is 2. The second-order valence-corrected chi connectivity index (χ2v) is 7.60. The SMILES string of the molecule is COC(=O)C[C@@H]1CCSCC[C@H]1CNC(=O)OC(C)(C)C. The molecule has 0 radical (unpaired) electrons. The fourth-order valence-corrected chi connectivity index (χ4v) is 3.55. The molecule has 1 heterocycles. The van der Waals surface area contributed by atoms with Gasteiger partial charge in [-0.05, 0) is 57.0 Å². The first-order chi connectivity index (χ1) is 9.81. The van der Waals surface area contributed by atoms with Gasteiger partial charge in [0.2, 0.25) is 0 Å². The lowest BCUT2D eigenvalue weighted by Crippen LogP contribution is -2.37. The molecular weight excluding hydrogens is 290 g/mol. The second kappa shape index (κ2) is 8.51. The number of nitrogens with one attached hydrogen (secondary N) is 1. The van der Waals surface area contributed by atoms with E-state index in [1.165, 1.54) is 7.11 Å². The number of rotatable bonds is 4. The third kappa shape index (κ3) is 7.60. The van der Waals surface area contributed by atoms with Gasteiger partial charge in [-0.25, -0.2) is 4.79 Å². The molecule has 1 aliphatic rings. The van der Waals surface area contributed by atoms with Gasteiger partial charge >= 0.3 is 12.1 Å². The molecule has 6 heteroatoms. The number of carbonyl (C=O) groups excluding carboxylic acids is 2. The predicted octanol–water partition coefficient (Wildman–Crippen LogP) is 2.83. The van der Waals surface area contributed by atoms with Crippen molar-refractivity contribution in [1.29, 1.82) is 0 Å². The molecule has 0 bridgehead atoms. The van der Waals surface area contributed by atoms with Crippen LogP contribution in [0.4, 0.5) is 4.79 Å². The smallest absolute Gasteiger partial charge is 0.407 e. The number of alkyl carbamates (subject to hydrolysis) is 1. The summed E-state index contributed by atoms with van der Waals surface area (Å²) in [6.45, 7) is 6.08. The maximum absolute atomic E-state index is 11.7. The van der Waals surface area contributed by atoms with Crippen molar-refractivity contribution < 1.29 is 19.1 Å². The van der Waals surface area contributed by atoms with Gasteiger partial charge in [-0.2, -0.15) is 11.8 Å². The van der Waals surface area contributed by atoms with Crippen LogP contribution in [0.2, 0.25) is 0 Å². The standard InChI is InChI=1S/C15H27NO4S/c1-15(2,3)20-14(18)16-10-12-6-8-21-7-5-11(12)9-13(17)19-4/h11-12H,5-10H2,1-4H3,(H,16,18)/t11-,12-/m0/s1. The van der Waals surface area contributed by atoms with Crippen LogP contribution in [0, 0.1) is 11.8 Å². The third-order valence-corrected chi connectivity index (χ3v) is 4.55. The predicted molar refractivity (Wildman–Crippen MR) is 84.4 cm³/mol. The van der Waals surface area contributed by atoms with E-state index in [-0.39, 0.29) is 11.9 Å². The quantitative estimate of drug-likeness (QED) is 0.808. The highest BCUT2D eigenvalue weighted by atomic mass is 32.2. The van der Waals surface area contributed by atoms with Gasteiger partial charge in [0, 0.05) is 13.0 Å². The summed E-state index contributed by atoms with van der Waals surface area (Å²) in [5, 5.41) is 2.84. The number of methoxy groups -OCH3 is 1. The Morgan fingerprint density at radius 2 is 1.81 bits per heavy atom. The van der Waals surface area contributed by atoms with Gasteiger partial charge in [-0.1, -0.05) is 0 Å². The molecule has 1 amide bonds. The van der Waals surface area contributed by atoms with E-state index in [0.29, 0.717) is 18.9 Å². The van der Waals surface area contributed by atoms with Gasteiger partial charge in [-0.15, -0.1) is 0 Å². The molecule has 0 aliphatic carbocycles. The highest BCUT2D eigenvalue weighted by Crippen LogP contribution is 2.30. The number of amides is 1. The Bertz CT molecular complexity index is 354. The van der Waals surface area contributed by atoms with Crippen molar-refractivity contribution in [2.24, 2.45) is 11.8 Å². The average Bonchev–Trinajstić information content (AvgIpc) is 2.59. The van der Waals surface area contributed by atoms with E-state index < -0.39 is 11.7 Å². The van der Waals surface area contributed by atoms with Crippen molar-refractivity contribution in [3.8, 4) is 0 Å². The zero-order valence-corrected chi connectivity index (χ0v) is 14.3. The van der Waals surface area contributed by atoms with Crippen LogP contribution in [0.15, 0.2) is 0 Å². The van der Waals surface area contributed by atoms with Crippen molar-refractivity contribution in [3.05, 3.63) is 0 Å². The van der Waals surface area contributed by atoms with Crippen molar-refractivity contribution >= 4 is 23.8 Å². The largest absolute Gasteiger partial charge is 0.469 e. The Balaban J connectivity index is 2.51. The molecule has 0 aromatic carbocycles. The molecule has 1 aliphatic heterocycles. The van der Waals surface area contributed by atoms with Crippen LogP contribution in [-0.2, 0) is 14.3 Å². The van der Waals surface area contributed by atoms with E-state index in [0.717, 1.165) is 24.3 Å². The normalized spacial score (nSPS) is 23.0. The van der Waals surface area contributed by atoms with Crippen molar-refractivity contribution in [2.75, 3.05) is 25.2 Å². The van der Waals surface area contributed by atoms with Gasteiger partial charge in [-0.3, -0.25) is 4.79 Å². The Kier molecular flexibility index (Phi) is 7.35. The van der Waals surface area contributed by atoms with E-state index in [2.05, 4.69) is 5.32 Å². The van der Waals surface area contributed by atoms with Crippen LogP contribution in [0.1, 0.15) is 40.0 Å². The lowest BCUT2D eigenvalue weighted by molar-refractivity contribution is -0.142. The Hall–Kier alpha value is -0.910. The van der Waals surface area contributed by atoms with Crippen LogP contribution in [0.3, 0.4) is 0 Å². The van der Waals surface area contributed by atoms with Gasteiger partial charge in [0.15, 0.2) is 0 Å². The van der Waals surface area contributed by atoms with E-state index in [4.69, 9.17) is 9.47 Å². The van der Waals surface area contributed by atoms with Crippen molar-refractivity contribution in [2.45, 2.75) is 45.6 Å². The van der Waals surface area contributed by atoms with Crippen molar-refractivity contribution in [1.82, 2.24) is 5.32 Å². The lowest BCUT2D eigenvalue weighted by Gasteiger charge is -2.25. The highest BCUT2D eigenvalue weighted by molar-refractivity contribution is 7.99. The Morgan fingerprint density at radius 3 is 2.38 bits per heavy atom. The summed E-state index contributed by atoms with van der Waals surface area (Å²) in [4.78, 5) is 23.3. The summed E-state index contributed by atoms with van der Waals surface area (Å²) in [6, 6.07) is 0. The molecule has 0 unspecified atom stereocenters. The summed E-state index contributed by atoms with van der Waals surface area (Å²) < 4.78 is 10.0. The number of thioether (sulfide) groups is 1. The monoisotopic (exact) mass is 317 g/mol. The number of carbonyl (C=O) groups is 2. The molecular formula is C15H27NO4S. The number of hydrogen-bond acceptors (Lipinski definition) is 5. The first-order valence-electron chi connectivity index (χ1n) is 7.43. The fraction of sp³-hybridized carbons (Fsp3) is 0.867. The fourth-order valence-electron chi connectivity index (χ4n) is 2.41. The summed E-state index contributed by atoms with van der Waals surface area (Å²) in [5.74, 6) is 2.52. The third-order valence-electron chi connectivity index (χ3n) is 3.50. The Labute approximate surface area is 131 Å². The van der Waals surface area contributed by atoms with Crippen LogP contribution < -0.4 is 5.32 Å². The molecule has 1 saturated heterocycles. The molecule has 0 aromatic heterocycles. The minimum Gasteiger partial charge on any atom is -0.469 e. The van der Waals surface area contributed by atoms with Gasteiger partial charge in [0.1, 0.15) is 5.60 Å². The molecule has 122 valence electrons. The summed E-state index contributed by atoms with van der Waals surface area (Å²) >= 11 is 1.91. The van der Waals surface area contributed by atoms with Gasteiger partial charge < -0.3 is 14.8 Å².